The highest BCUT2D eigenvalue weighted by molar-refractivity contribution is 6.09. The summed E-state index contributed by atoms with van der Waals surface area (Å²) in [6.07, 6.45) is 0. The van der Waals surface area contributed by atoms with E-state index in [1.807, 2.05) is 0 Å². The van der Waals surface area contributed by atoms with Gasteiger partial charge in [-0.3, -0.25) is 4.79 Å². The Kier molecular flexibility index (Phi) is 6.10. The van der Waals surface area contributed by atoms with Crippen LogP contribution >= 0.6 is 0 Å². The lowest BCUT2D eigenvalue weighted by atomic mass is 10.1. The van der Waals surface area contributed by atoms with Gasteiger partial charge in [-0.2, -0.15) is 0 Å². The molecule has 0 saturated heterocycles. The summed E-state index contributed by atoms with van der Waals surface area (Å²) in [6.45, 7) is 4.54. The number of H-pyrrole nitrogens is 1. The maximum Gasteiger partial charge on any atom is 0.340 e. The number of aryl methyl sites for hydroxylation is 2. The van der Waals surface area contributed by atoms with Gasteiger partial charge >= 0.3 is 11.9 Å². The largest absolute Gasteiger partial charge is 0.462 e. The molecule has 7 nitrogen and oxygen atoms in total. The maximum absolute atomic E-state index is 12.2. The van der Waals surface area contributed by atoms with E-state index < -0.39 is 24.3 Å². The van der Waals surface area contributed by atoms with Crippen molar-refractivity contribution in [2.24, 2.45) is 0 Å². The Morgan fingerprint density at radius 1 is 1.00 bits per heavy atom. The molecule has 1 N–H and O–H groups in total. The van der Waals surface area contributed by atoms with Gasteiger partial charge in [-0.05, 0) is 20.8 Å². The van der Waals surface area contributed by atoms with E-state index >= 15 is 0 Å². The van der Waals surface area contributed by atoms with Gasteiger partial charge < -0.3 is 19.2 Å². The van der Waals surface area contributed by atoms with Crippen LogP contribution in [0.2, 0.25) is 0 Å². The predicted molar refractivity (Wildman–Crippen MR) is 73.4 cm³/mol. The van der Waals surface area contributed by atoms with Gasteiger partial charge in [0.15, 0.2) is 6.61 Å². The Balaban J connectivity index is 2.93. The second-order valence-electron chi connectivity index (χ2n) is 4.36. The lowest BCUT2D eigenvalue weighted by Crippen LogP contribution is -2.20. The first-order valence-corrected chi connectivity index (χ1v) is 6.46. The summed E-state index contributed by atoms with van der Waals surface area (Å²) in [6, 6.07) is 0. The molecule has 0 saturated carbocycles. The summed E-state index contributed by atoms with van der Waals surface area (Å²) in [5, 5.41) is 0. The first-order valence-electron chi connectivity index (χ1n) is 6.46. The highest BCUT2D eigenvalue weighted by Gasteiger charge is 2.25. The average Bonchev–Trinajstić information content (AvgIpc) is 2.71. The van der Waals surface area contributed by atoms with Gasteiger partial charge in [-0.15, -0.1) is 0 Å². The van der Waals surface area contributed by atoms with Gasteiger partial charge in [-0.1, -0.05) is 0 Å². The molecular formula is C14H19NO6. The molecule has 1 heterocycles. The van der Waals surface area contributed by atoms with E-state index in [0.29, 0.717) is 11.4 Å². The van der Waals surface area contributed by atoms with Gasteiger partial charge in [0.05, 0.1) is 17.7 Å². The van der Waals surface area contributed by atoms with E-state index in [1.165, 1.54) is 7.11 Å². The summed E-state index contributed by atoms with van der Waals surface area (Å²) in [5.74, 6) is -1.69. The molecule has 7 heteroatoms. The number of ketones is 1. The van der Waals surface area contributed by atoms with Crippen molar-refractivity contribution >= 4 is 17.7 Å². The van der Waals surface area contributed by atoms with Crippen molar-refractivity contribution in [2.75, 3.05) is 26.9 Å². The van der Waals surface area contributed by atoms with E-state index in [-0.39, 0.29) is 24.3 Å². The lowest BCUT2D eigenvalue weighted by molar-refractivity contribution is -0.146. The minimum absolute atomic E-state index is 0.183. The van der Waals surface area contributed by atoms with Crippen LogP contribution in [0.3, 0.4) is 0 Å². The van der Waals surface area contributed by atoms with Crippen molar-refractivity contribution in [3.8, 4) is 0 Å². The van der Waals surface area contributed by atoms with Gasteiger partial charge in [-0.25, -0.2) is 9.59 Å². The number of Topliss-reactive ketones (excluding diaryl/α,β-unsaturated/α-hetero) is 1. The molecule has 1 aromatic rings. The summed E-state index contributed by atoms with van der Waals surface area (Å²) in [7, 11) is 1.35. The van der Waals surface area contributed by atoms with E-state index in [4.69, 9.17) is 9.47 Å². The smallest absolute Gasteiger partial charge is 0.340 e. The van der Waals surface area contributed by atoms with Gasteiger partial charge in [0.2, 0.25) is 5.78 Å². The molecule has 0 radical (unpaired) electrons. The van der Waals surface area contributed by atoms with E-state index in [2.05, 4.69) is 9.72 Å². The average molecular weight is 297 g/mol. The van der Waals surface area contributed by atoms with E-state index in [1.54, 1.807) is 20.8 Å². The fourth-order valence-corrected chi connectivity index (χ4v) is 1.97. The summed E-state index contributed by atoms with van der Waals surface area (Å²) < 4.78 is 14.3. The predicted octanol–water partition coefficient (Wildman–Crippen LogP) is 1.18. The maximum atomic E-state index is 12.2. The number of esters is 2. The first-order chi connectivity index (χ1) is 9.92. The molecule has 1 rings (SSSR count). The Morgan fingerprint density at radius 3 is 2.19 bits per heavy atom. The molecule has 0 aliphatic heterocycles. The van der Waals surface area contributed by atoms with Crippen LogP contribution in [0.5, 0.6) is 0 Å². The van der Waals surface area contributed by atoms with Crippen LogP contribution in [0, 0.1) is 13.8 Å². The number of ether oxygens (including phenoxy) is 3. The Morgan fingerprint density at radius 2 is 1.62 bits per heavy atom. The second-order valence-corrected chi connectivity index (χ2v) is 4.36. The second kappa shape index (κ2) is 7.58. The zero-order chi connectivity index (χ0) is 16.0. The van der Waals surface area contributed by atoms with Crippen LogP contribution in [0.4, 0.5) is 0 Å². The van der Waals surface area contributed by atoms with Gasteiger partial charge in [0.1, 0.15) is 6.61 Å². The number of nitrogens with one attached hydrogen (secondary N) is 1. The third kappa shape index (κ3) is 4.16. The molecule has 0 aromatic carbocycles. The van der Waals surface area contributed by atoms with Crippen molar-refractivity contribution in [2.45, 2.75) is 20.8 Å². The molecule has 0 amide bonds. The first kappa shape index (κ1) is 16.9. The summed E-state index contributed by atoms with van der Waals surface area (Å²) in [4.78, 5) is 38.2. The molecule has 0 aliphatic rings. The number of methoxy groups -OCH3 is 1. The molecule has 21 heavy (non-hydrogen) atoms. The normalized spacial score (nSPS) is 10.3. The molecule has 1 aromatic heterocycles. The Labute approximate surface area is 122 Å². The quantitative estimate of drug-likeness (QED) is 0.600. The van der Waals surface area contributed by atoms with Crippen LogP contribution < -0.4 is 0 Å². The van der Waals surface area contributed by atoms with Crippen molar-refractivity contribution < 1.29 is 28.6 Å². The minimum Gasteiger partial charge on any atom is -0.462 e. The van der Waals surface area contributed by atoms with Crippen LogP contribution in [0.1, 0.15) is 39.0 Å². The third-order valence-electron chi connectivity index (χ3n) is 2.76. The molecule has 0 atom stereocenters. The zero-order valence-corrected chi connectivity index (χ0v) is 12.6. The van der Waals surface area contributed by atoms with E-state index in [0.717, 1.165) is 0 Å². The number of rotatable bonds is 7. The highest BCUT2D eigenvalue weighted by Crippen LogP contribution is 2.20. The van der Waals surface area contributed by atoms with Crippen molar-refractivity contribution in [1.29, 1.82) is 0 Å². The van der Waals surface area contributed by atoms with E-state index in [9.17, 15) is 14.4 Å². The topological polar surface area (TPSA) is 94.7 Å². The zero-order valence-electron chi connectivity index (χ0n) is 12.6. The Bertz CT molecular complexity index is 546. The number of aromatic nitrogens is 1. The van der Waals surface area contributed by atoms with Gasteiger partial charge in [0.25, 0.3) is 0 Å². The third-order valence-corrected chi connectivity index (χ3v) is 2.76. The van der Waals surface area contributed by atoms with Crippen LogP contribution in [0.15, 0.2) is 0 Å². The van der Waals surface area contributed by atoms with Crippen LogP contribution in [0.25, 0.3) is 0 Å². The van der Waals surface area contributed by atoms with Crippen molar-refractivity contribution in [3.05, 3.63) is 22.5 Å². The molecular weight excluding hydrogens is 278 g/mol. The molecule has 0 bridgehead atoms. The monoisotopic (exact) mass is 297 g/mol. The highest BCUT2D eigenvalue weighted by atomic mass is 16.6. The van der Waals surface area contributed by atoms with Gasteiger partial charge in [0, 0.05) is 18.5 Å². The molecule has 116 valence electrons. The number of carbonyl (C=O) groups excluding carboxylic acids is 3. The van der Waals surface area contributed by atoms with Crippen molar-refractivity contribution in [1.82, 2.24) is 4.98 Å². The summed E-state index contributed by atoms with van der Waals surface area (Å²) >= 11 is 0. The number of carbonyl (C=O) groups is 3. The fraction of sp³-hybridized carbons (Fsp3) is 0.500. The lowest BCUT2D eigenvalue weighted by Gasteiger charge is -2.06. The van der Waals surface area contributed by atoms with Crippen LogP contribution in [-0.2, 0) is 19.0 Å². The molecule has 0 aliphatic carbocycles. The van der Waals surface area contributed by atoms with Crippen molar-refractivity contribution in [3.63, 3.8) is 0 Å². The number of aromatic amines is 1. The van der Waals surface area contributed by atoms with Crippen LogP contribution in [-0.4, -0.2) is 49.6 Å². The molecule has 0 fully saturated rings. The number of hydrogen-bond donors (Lipinski definition) is 1. The standard InChI is InChI=1S/C14H19NO6/c1-5-20-14(18)13-9(3)15-8(2)12(13)10(16)6-21-11(17)7-19-4/h15H,5-7H2,1-4H3. The molecule has 0 unspecified atom stereocenters. The molecule has 0 spiro atoms. The minimum atomic E-state index is -0.645. The number of hydrogen-bond acceptors (Lipinski definition) is 6. The fourth-order valence-electron chi connectivity index (χ4n) is 1.97. The SMILES string of the molecule is CCOC(=O)c1c(C)[nH]c(C)c1C(=O)COC(=O)COC. The summed E-state index contributed by atoms with van der Waals surface area (Å²) in [5.41, 5.74) is 1.44. The Hall–Kier alpha value is -2.15.